The zero-order valence-corrected chi connectivity index (χ0v) is 12.8. The highest BCUT2D eigenvalue weighted by molar-refractivity contribution is 6.30. The fourth-order valence-corrected chi connectivity index (χ4v) is 2.18. The Morgan fingerprint density at radius 1 is 1.10 bits per heavy atom. The normalized spacial score (nSPS) is 11.2. The van der Waals surface area contributed by atoms with Crippen LogP contribution in [0.5, 0.6) is 11.5 Å². The number of benzene rings is 2. The maximum atomic E-state index is 11.1. The molecule has 4 nitrogen and oxygen atoms in total. The molecule has 0 aliphatic carbocycles. The summed E-state index contributed by atoms with van der Waals surface area (Å²) in [5, 5.41) is 11.4. The van der Waals surface area contributed by atoms with Crippen LogP contribution in [-0.4, -0.2) is 4.92 Å². The molecule has 0 atom stereocenters. The number of rotatable bonds is 3. The van der Waals surface area contributed by atoms with E-state index in [2.05, 4.69) is 20.8 Å². The zero-order valence-electron chi connectivity index (χ0n) is 12.1. The molecule has 0 radical (unpaired) electrons. The molecule has 21 heavy (non-hydrogen) atoms. The van der Waals surface area contributed by atoms with Crippen LogP contribution in [0.2, 0.25) is 5.02 Å². The van der Waals surface area contributed by atoms with Gasteiger partial charge in [-0.05, 0) is 23.6 Å². The van der Waals surface area contributed by atoms with Gasteiger partial charge in [0.25, 0.3) is 0 Å². The monoisotopic (exact) mass is 305 g/mol. The first-order valence-electron chi connectivity index (χ1n) is 6.50. The van der Waals surface area contributed by atoms with Gasteiger partial charge < -0.3 is 4.74 Å². The first-order chi connectivity index (χ1) is 9.79. The highest BCUT2D eigenvalue weighted by atomic mass is 35.5. The van der Waals surface area contributed by atoms with Gasteiger partial charge in [-0.15, -0.1) is 0 Å². The summed E-state index contributed by atoms with van der Waals surface area (Å²) in [5.41, 5.74) is 0.707. The summed E-state index contributed by atoms with van der Waals surface area (Å²) in [6.45, 7) is 6.18. The van der Waals surface area contributed by atoms with E-state index in [1.165, 1.54) is 12.1 Å². The summed E-state index contributed by atoms with van der Waals surface area (Å²) < 4.78 is 5.78. The third kappa shape index (κ3) is 3.52. The number of nitro benzene ring substituents is 1. The van der Waals surface area contributed by atoms with Crippen molar-refractivity contribution in [1.29, 1.82) is 0 Å². The minimum Gasteiger partial charge on any atom is -0.450 e. The van der Waals surface area contributed by atoms with Crippen molar-refractivity contribution in [1.82, 2.24) is 0 Å². The fraction of sp³-hybridized carbons (Fsp3) is 0.250. The van der Waals surface area contributed by atoms with Crippen LogP contribution in [0.4, 0.5) is 5.69 Å². The maximum absolute atomic E-state index is 11.1. The second-order valence-electron chi connectivity index (χ2n) is 5.72. The molecular weight excluding hydrogens is 290 g/mol. The molecule has 2 rings (SSSR count). The van der Waals surface area contributed by atoms with Crippen molar-refractivity contribution in [2.75, 3.05) is 0 Å². The summed E-state index contributed by atoms with van der Waals surface area (Å²) >= 11 is 5.81. The van der Waals surface area contributed by atoms with Gasteiger partial charge in [-0.2, -0.15) is 0 Å². The van der Waals surface area contributed by atoms with Crippen LogP contribution in [0.3, 0.4) is 0 Å². The Labute approximate surface area is 128 Å². The van der Waals surface area contributed by atoms with Crippen molar-refractivity contribution in [2.45, 2.75) is 26.2 Å². The number of para-hydroxylation sites is 1. The number of hydrogen-bond donors (Lipinski definition) is 0. The maximum Gasteiger partial charge on any atom is 0.313 e. The Kier molecular flexibility index (Phi) is 4.19. The lowest BCUT2D eigenvalue weighted by molar-refractivity contribution is -0.385. The third-order valence-corrected chi connectivity index (χ3v) is 3.27. The first-order valence-corrected chi connectivity index (χ1v) is 6.88. The quantitative estimate of drug-likeness (QED) is 0.568. The van der Waals surface area contributed by atoms with Crippen LogP contribution < -0.4 is 4.74 Å². The van der Waals surface area contributed by atoms with Crippen LogP contribution in [-0.2, 0) is 5.41 Å². The smallest absolute Gasteiger partial charge is 0.313 e. The van der Waals surface area contributed by atoms with Gasteiger partial charge in [0.1, 0.15) is 5.75 Å². The second kappa shape index (κ2) is 5.74. The van der Waals surface area contributed by atoms with Crippen molar-refractivity contribution in [2.24, 2.45) is 0 Å². The summed E-state index contributed by atoms with van der Waals surface area (Å²) in [7, 11) is 0. The molecule has 0 saturated carbocycles. The largest absolute Gasteiger partial charge is 0.450 e. The average molecular weight is 306 g/mol. The van der Waals surface area contributed by atoms with Crippen molar-refractivity contribution < 1.29 is 9.66 Å². The van der Waals surface area contributed by atoms with Crippen molar-refractivity contribution in [3.63, 3.8) is 0 Å². The lowest BCUT2D eigenvalue weighted by Crippen LogP contribution is -2.12. The number of halogens is 1. The van der Waals surface area contributed by atoms with Gasteiger partial charge in [0.05, 0.1) is 4.92 Å². The van der Waals surface area contributed by atoms with Crippen LogP contribution in [0.1, 0.15) is 26.3 Å². The molecule has 0 fully saturated rings. The molecule has 0 N–H and O–H groups in total. The number of nitrogens with zero attached hydrogens (tertiary/aromatic N) is 1. The fourth-order valence-electron chi connectivity index (χ4n) is 2.01. The molecule has 0 amide bonds. The highest BCUT2D eigenvalue weighted by Gasteiger charge is 2.22. The number of nitro groups is 1. The molecule has 2 aromatic rings. The van der Waals surface area contributed by atoms with Crippen molar-refractivity contribution >= 4 is 17.3 Å². The Hall–Kier alpha value is -2.07. The SMILES string of the molecule is CC(C)(C)c1ccccc1Oc1ccc(Cl)cc1[N+](=O)[O-]. The number of hydrogen-bond acceptors (Lipinski definition) is 3. The van der Waals surface area contributed by atoms with E-state index in [1.807, 2.05) is 18.2 Å². The second-order valence-corrected chi connectivity index (χ2v) is 6.15. The molecule has 2 aromatic carbocycles. The molecule has 110 valence electrons. The van der Waals surface area contributed by atoms with E-state index in [9.17, 15) is 10.1 Å². The van der Waals surface area contributed by atoms with E-state index in [0.29, 0.717) is 10.8 Å². The van der Waals surface area contributed by atoms with Gasteiger partial charge in [0.15, 0.2) is 0 Å². The number of ether oxygens (including phenoxy) is 1. The van der Waals surface area contributed by atoms with E-state index in [0.717, 1.165) is 5.56 Å². The summed E-state index contributed by atoms with van der Waals surface area (Å²) in [5.74, 6) is 0.788. The molecule has 0 aliphatic heterocycles. The van der Waals surface area contributed by atoms with Crippen LogP contribution in [0.15, 0.2) is 42.5 Å². The van der Waals surface area contributed by atoms with Crippen molar-refractivity contribution in [3.8, 4) is 11.5 Å². The summed E-state index contributed by atoms with van der Waals surface area (Å²) in [4.78, 5) is 10.6. The molecule has 0 heterocycles. The molecule has 0 aromatic heterocycles. The Balaban J connectivity index is 2.47. The van der Waals surface area contributed by atoms with Gasteiger partial charge in [0.2, 0.25) is 5.75 Å². The van der Waals surface area contributed by atoms with E-state index in [1.54, 1.807) is 12.1 Å². The topological polar surface area (TPSA) is 52.4 Å². The first kappa shape index (κ1) is 15.3. The van der Waals surface area contributed by atoms with E-state index in [-0.39, 0.29) is 16.9 Å². The van der Waals surface area contributed by atoms with Crippen LogP contribution in [0, 0.1) is 10.1 Å². The van der Waals surface area contributed by atoms with Gasteiger partial charge in [0, 0.05) is 16.7 Å². The Bertz CT molecular complexity index is 677. The summed E-state index contributed by atoms with van der Waals surface area (Å²) in [6.07, 6.45) is 0. The van der Waals surface area contributed by atoms with E-state index in [4.69, 9.17) is 16.3 Å². The van der Waals surface area contributed by atoms with Gasteiger partial charge in [-0.1, -0.05) is 50.6 Å². The minimum atomic E-state index is -0.499. The molecule has 0 unspecified atom stereocenters. The lowest BCUT2D eigenvalue weighted by Gasteiger charge is -2.22. The molecule has 0 bridgehead atoms. The molecular formula is C16H16ClNO3. The van der Waals surface area contributed by atoms with Gasteiger partial charge >= 0.3 is 5.69 Å². The highest BCUT2D eigenvalue weighted by Crippen LogP contribution is 2.38. The summed E-state index contributed by atoms with van der Waals surface area (Å²) in [6, 6.07) is 11.9. The van der Waals surface area contributed by atoms with Crippen molar-refractivity contribution in [3.05, 3.63) is 63.2 Å². The average Bonchev–Trinajstić information content (AvgIpc) is 2.40. The van der Waals surface area contributed by atoms with Gasteiger partial charge in [-0.3, -0.25) is 10.1 Å². The Morgan fingerprint density at radius 2 is 1.76 bits per heavy atom. The van der Waals surface area contributed by atoms with Crippen LogP contribution in [0.25, 0.3) is 0 Å². The Morgan fingerprint density at radius 3 is 2.38 bits per heavy atom. The minimum absolute atomic E-state index is 0.127. The third-order valence-electron chi connectivity index (χ3n) is 3.03. The molecule has 0 spiro atoms. The zero-order chi connectivity index (χ0) is 15.6. The van der Waals surface area contributed by atoms with E-state index >= 15 is 0 Å². The molecule has 0 aliphatic rings. The van der Waals surface area contributed by atoms with Gasteiger partial charge in [-0.25, -0.2) is 0 Å². The van der Waals surface area contributed by atoms with Crippen LogP contribution >= 0.6 is 11.6 Å². The molecule has 5 heteroatoms. The molecule has 0 saturated heterocycles. The lowest BCUT2D eigenvalue weighted by atomic mass is 9.86. The predicted octanol–water partition coefficient (Wildman–Crippen LogP) is 5.34. The predicted molar refractivity (Wildman–Crippen MR) is 83.3 cm³/mol. The standard InChI is InChI=1S/C16H16ClNO3/c1-16(2,3)12-6-4-5-7-14(12)21-15-9-8-11(17)10-13(15)18(19)20/h4-10H,1-3H3. The van der Waals surface area contributed by atoms with E-state index < -0.39 is 4.92 Å².